The molecule has 1 aromatic heterocycles. The molecule has 2 atom stereocenters. The van der Waals surface area contributed by atoms with E-state index in [1.54, 1.807) is 48.5 Å². The van der Waals surface area contributed by atoms with Gasteiger partial charge in [0.1, 0.15) is 17.5 Å². The van der Waals surface area contributed by atoms with Gasteiger partial charge in [0.15, 0.2) is 0 Å². The molecule has 1 heterocycles. The van der Waals surface area contributed by atoms with E-state index >= 15 is 0 Å². The van der Waals surface area contributed by atoms with E-state index < -0.39 is 33.6 Å². The van der Waals surface area contributed by atoms with E-state index in [2.05, 4.69) is 9.71 Å². The molecule has 0 fully saturated rings. The monoisotopic (exact) mass is 592 g/mol. The van der Waals surface area contributed by atoms with Crippen LogP contribution in [0.3, 0.4) is 0 Å². The Morgan fingerprint density at radius 3 is 2.57 bits per heavy atom. The van der Waals surface area contributed by atoms with Crippen LogP contribution in [0.15, 0.2) is 78.0 Å². The lowest BCUT2D eigenvalue weighted by Gasteiger charge is -2.30. The van der Waals surface area contributed by atoms with Gasteiger partial charge in [0.05, 0.1) is 11.4 Å². The number of benzene rings is 3. The molecular formula is C32H34F2N4O3S. The quantitative estimate of drug-likeness (QED) is 0.255. The summed E-state index contributed by atoms with van der Waals surface area (Å²) in [5.74, 6) is -1.48. The summed E-state index contributed by atoms with van der Waals surface area (Å²) < 4.78 is 59.2. The third-order valence-electron chi connectivity index (χ3n) is 7.88. The Morgan fingerprint density at radius 1 is 1.12 bits per heavy atom. The van der Waals surface area contributed by atoms with E-state index in [0.717, 1.165) is 35.6 Å². The molecule has 1 amide bonds. The molecule has 4 aromatic rings. The number of carbonyl (C=O) groups is 1. The van der Waals surface area contributed by atoms with Gasteiger partial charge in [-0.25, -0.2) is 26.9 Å². The summed E-state index contributed by atoms with van der Waals surface area (Å²) >= 11 is 0. The first kappa shape index (κ1) is 29.6. The molecule has 1 aliphatic rings. The van der Waals surface area contributed by atoms with E-state index in [1.165, 1.54) is 12.1 Å². The number of hydrogen-bond donors (Lipinski definition) is 1. The number of aryl methyl sites for hydroxylation is 3. The maximum Gasteiger partial charge on any atom is 0.241 e. The van der Waals surface area contributed by atoms with Gasteiger partial charge < -0.3 is 9.47 Å². The van der Waals surface area contributed by atoms with Crippen LogP contribution in [-0.4, -0.2) is 23.9 Å². The van der Waals surface area contributed by atoms with Crippen molar-refractivity contribution in [2.75, 3.05) is 4.90 Å². The number of hydrogen-bond acceptors (Lipinski definition) is 4. The molecule has 7 nitrogen and oxygen atoms in total. The molecule has 0 spiro atoms. The Kier molecular flexibility index (Phi) is 8.56. The fraction of sp³-hybridized carbons (Fsp3) is 0.312. The van der Waals surface area contributed by atoms with Crippen LogP contribution in [0.4, 0.5) is 14.5 Å². The fourth-order valence-electron chi connectivity index (χ4n) is 5.45. The number of imidazole rings is 1. The van der Waals surface area contributed by atoms with E-state index in [4.69, 9.17) is 0 Å². The zero-order valence-electron chi connectivity index (χ0n) is 23.8. The molecule has 3 aromatic carbocycles. The van der Waals surface area contributed by atoms with Crippen LogP contribution in [-0.2, 0) is 34.8 Å². The first-order chi connectivity index (χ1) is 20.0. The molecular weight excluding hydrogens is 558 g/mol. The topological polar surface area (TPSA) is 84.3 Å². The lowest BCUT2D eigenvalue weighted by Crippen LogP contribution is -2.34. The van der Waals surface area contributed by atoms with Gasteiger partial charge in [-0.2, -0.15) is 0 Å². The minimum Gasteiger partial charge on any atom is -0.337 e. The second-order valence-electron chi connectivity index (χ2n) is 11.0. The van der Waals surface area contributed by atoms with Crippen molar-refractivity contribution in [3.05, 3.63) is 113 Å². The van der Waals surface area contributed by atoms with Crippen LogP contribution in [0.1, 0.15) is 66.2 Å². The molecule has 10 heteroatoms. The number of rotatable bonds is 9. The van der Waals surface area contributed by atoms with Gasteiger partial charge in [0.2, 0.25) is 15.9 Å². The summed E-state index contributed by atoms with van der Waals surface area (Å²) in [6.07, 6.45) is 5.66. The molecule has 1 aliphatic carbocycles. The number of halogens is 2. The number of aromatic nitrogens is 2. The van der Waals surface area contributed by atoms with Crippen LogP contribution < -0.4 is 9.62 Å². The summed E-state index contributed by atoms with van der Waals surface area (Å²) in [6, 6.07) is 15.3. The van der Waals surface area contributed by atoms with Gasteiger partial charge in [-0.1, -0.05) is 36.8 Å². The number of sulfonamides is 1. The zero-order chi connectivity index (χ0) is 30.0. The van der Waals surface area contributed by atoms with E-state index in [1.807, 2.05) is 36.7 Å². The highest BCUT2D eigenvalue weighted by Crippen LogP contribution is 2.35. The predicted molar refractivity (Wildman–Crippen MR) is 157 cm³/mol. The lowest BCUT2D eigenvalue weighted by atomic mass is 9.87. The van der Waals surface area contributed by atoms with Gasteiger partial charge in [-0.05, 0) is 79.1 Å². The fourth-order valence-corrected chi connectivity index (χ4v) is 6.70. The van der Waals surface area contributed by atoms with E-state index in [-0.39, 0.29) is 29.3 Å². The van der Waals surface area contributed by atoms with Gasteiger partial charge in [-0.3, -0.25) is 4.79 Å². The maximum absolute atomic E-state index is 14.5. The lowest BCUT2D eigenvalue weighted by molar-refractivity contribution is -0.119. The van der Waals surface area contributed by atoms with Gasteiger partial charge in [0.25, 0.3) is 0 Å². The van der Waals surface area contributed by atoms with Gasteiger partial charge >= 0.3 is 0 Å². The van der Waals surface area contributed by atoms with Crippen LogP contribution >= 0.6 is 0 Å². The molecule has 5 rings (SSSR count). The third kappa shape index (κ3) is 6.44. The smallest absolute Gasteiger partial charge is 0.241 e. The summed E-state index contributed by atoms with van der Waals surface area (Å²) in [4.78, 5) is 20.0. The highest BCUT2D eigenvalue weighted by Gasteiger charge is 2.28. The second-order valence-corrected chi connectivity index (χ2v) is 12.7. The van der Waals surface area contributed by atoms with Crippen LogP contribution in [0, 0.1) is 18.6 Å². The van der Waals surface area contributed by atoms with Gasteiger partial charge in [-0.15, -0.1) is 0 Å². The first-order valence-corrected chi connectivity index (χ1v) is 15.4. The van der Waals surface area contributed by atoms with Crippen molar-refractivity contribution < 1.29 is 22.0 Å². The van der Waals surface area contributed by atoms with E-state index in [0.29, 0.717) is 17.9 Å². The van der Waals surface area contributed by atoms with Crippen LogP contribution in [0.25, 0.3) is 0 Å². The summed E-state index contributed by atoms with van der Waals surface area (Å²) in [5, 5.41) is 0. The molecule has 0 saturated carbocycles. The van der Waals surface area contributed by atoms with Crippen molar-refractivity contribution in [3.63, 3.8) is 0 Å². The van der Waals surface area contributed by atoms with Crippen molar-refractivity contribution in [1.82, 2.24) is 14.3 Å². The number of carbonyl (C=O) groups excluding carboxylic acids is 1. The van der Waals surface area contributed by atoms with Crippen molar-refractivity contribution in [2.45, 2.75) is 62.9 Å². The van der Waals surface area contributed by atoms with Crippen molar-refractivity contribution in [2.24, 2.45) is 7.05 Å². The third-order valence-corrected chi connectivity index (χ3v) is 9.37. The normalized spacial score (nSPS) is 15.7. The standard InChI is InChI=1S/C32H34F2N4O3S/c1-21-7-12-26(13-8-21)42(40,41)36-30-6-4-5-23-9-11-25(19-28(23)30)38(20-31-35-15-16-37(31)3)32(39)17-22(2)27-14-10-24(33)18-29(27)34/h7-16,18-19,22,30,36H,4-6,17,20H2,1-3H3/t22-,30-/m1/s1. The Morgan fingerprint density at radius 2 is 1.88 bits per heavy atom. The minimum atomic E-state index is -3.78. The predicted octanol–water partition coefficient (Wildman–Crippen LogP) is 6.09. The highest BCUT2D eigenvalue weighted by molar-refractivity contribution is 7.89. The molecule has 0 unspecified atom stereocenters. The minimum absolute atomic E-state index is 0.0203. The van der Waals surface area contributed by atoms with Crippen molar-refractivity contribution >= 4 is 21.6 Å². The average Bonchev–Trinajstić information content (AvgIpc) is 3.35. The van der Waals surface area contributed by atoms with Crippen molar-refractivity contribution in [3.8, 4) is 0 Å². The number of fused-ring (bicyclic) bond motifs is 1. The SMILES string of the molecule is Cc1ccc(S(=O)(=O)N[C@@H]2CCCc3ccc(N(Cc4nccn4C)C(=O)C[C@@H](C)c4ccc(F)cc4F)cc32)cc1. The Balaban J connectivity index is 1.46. The molecule has 220 valence electrons. The largest absolute Gasteiger partial charge is 0.337 e. The summed E-state index contributed by atoms with van der Waals surface area (Å²) in [6.45, 7) is 3.80. The average molecular weight is 593 g/mol. The Hall–Kier alpha value is -3.89. The molecule has 0 saturated heterocycles. The number of amides is 1. The molecule has 42 heavy (non-hydrogen) atoms. The molecule has 0 bridgehead atoms. The van der Waals surface area contributed by atoms with Crippen LogP contribution in [0.5, 0.6) is 0 Å². The summed E-state index contributed by atoms with van der Waals surface area (Å²) in [5.41, 5.74) is 3.67. The highest BCUT2D eigenvalue weighted by atomic mass is 32.2. The Bertz CT molecular complexity index is 1700. The second kappa shape index (κ2) is 12.1. The van der Waals surface area contributed by atoms with Crippen molar-refractivity contribution in [1.29, 1.82) is 0 Å². The first-order valence-electron chi connectivity index (χ1n) is 13.9. The van der Waals surface area contributed by atoms with Crippen LogP contribution in [0.2, 0.25) is 0 Å². The number of anilines is 1. The van der Waals surface area contributed by atoms with E-state index in [9.17, 15) is 22.0 Å². The molecule has 0 aliphatic heterocycles. The molecule has 1 N–H and O–H groups in total. The molecule has 0 radical (unpaired) electrons. The summed E-state index contributed by atoms with van der Waals surface area (Å²) in [7, 11) is -1.94. The maximum atomic E-state index is 14.5. The number of nitrogens with zero attached hydrogens (tertiary/aromatic N) is 3. The zero-order valence-corrected chi connectivity index (χ0v) is 24.7. The Labute approximate surface area is 245 Å². The number of nitrogens with one attached hydrogen (secondary N) is 1. The van der Waals surface area contributed by atoms with Gasteiger partial charge in [0, 0.05) is 43.7 Å².